The zero-order valence-electron chi connectivity index (χ0n) is 11.4. The number of benzene rings is 1. The highest BCUT2D eigenvalue weighted by Gasteiger charge is 2.44. The molecule has 102 valence electrons. The second-order valence-corrected chi connectivity index (χ2v) is 6.06. The van der Waals surface area contributed by atoms with E-state index in [0.717, 1.165) is 30.6 Å². The molecule has 2 unspecified atom stereocenters. The monoisotopic (exact) mass is 259 g/mol. The van der Waals surface area contributed by atoms with Gasteiger partial charge in [-0.15, -0.1) is 0 Å². The van der Waals surface area contributed by atoms with Gasteiger partial charge in [-0.05, 0) is 49.7 Å². The van der Waals surface area contributed by atoms with Gasteiger partial charge in [-0.1, -0.05) is 18.2 Å². The summed E-state index contributed by atoms with van der Waals surface area (Å²) in [5.41, 5.74) is 6.75. The molecule has 0 aromatic heterocycles. The first kappa shape index (κ1) is 12.7. The number of carbonyl (C=O) groups excluding carboxylic acids is 1. The Morgan fingerprint density at radius 3 is 2.84 bits per heavy atom. The molecule has 1 aromatic carbocycles. The van der Waals surface area contributed by atoms with E-state index in [-0.39, 0.29) is 11.7 Å². The number of fused-ring (bicyclic) bond motifs is 1. The minimum Gasteiger partial charge on any atom is -0.493 e. The van der Waals surface area contributed by atoms with E-state index < -0.39 is 5.54 Å². The van der Waals surface area contributed by atoms with Gasteiger partial charge >= 0.3 is 0 Å². The van der Waals surface area contributed by atoms with Crippen LogP contribution in [0.25, 0.3) is 0 Å². The number of hydrogen-bond acceptors (Lipinski definition) is 3. The maximum absolute atomic E-state index is 12.5. The van der Waals surface area contributed by atoms with Gasteiger partial charge in [-0.3, -0.25) is 4.79 Å². The third kappa shape index (κ3) is 2.39. The van der Waals surface area contributed by atoms with E-state index in [1.165, 1.54) is 0 Å². The first-order chi connectivity index (χ1) is 9.09. The molecule has 3 heteroatoms. The third-order valence-electron chi connectivity index (χ3n) is 4.54. The molecule has 0 saturated heterocycles. The van der Waals surface area contributed by atoms with Crippen LogP contribution in [-0.2, 0) is 4.79 Å². The van der Waals surface area contributed by atoms with E-state index in [0.29, 0.717) is 18.9 Å². The molecule has 1 aliphatic carbocycles. The molecular weight excluding hydrogens is 238 g/mol. The number of nitrogens with two attached hydrogens (primary N) is 1. The summed E-state index contributed by atoms with van der Waals surface area (Å²) in [6, 6.07) is 8.03. The highest BCUT2D eigenvalue weighted by Crippen LogP contribution is 2.42. The van der Waals surface area contributed by atoms with E-state index >= 15 is 0 Å². The van der Waals surface area contributed by atoms with Crippen molar-refractivity contribution < 1.29 is 9.53 Å². The highest BCUT2D eigenvalue weighted by atomic mass is 16.5. The molecule has 1 aliphatic heterocycles. The van der Waals surface area contributed by atoms with Gasteiger partial charge in [0.1, 0.15) is 5.75 Å². The molecule has 0 amide bonds. The van der Waals surface area contributed by atoms with E-state index in [9.17, 15) is 4.79 Å². The molecule has 1 heterocycles. The topological polar surface area (TPSA) is 52.3 Å². The molecule has 0 bridgehead atoms. The van der Waals surface area contributed by atoms with Crippen LogP contribution in [0.5, 0.6) is 5.75 Å². The van der Waals surface area contributed by atoms with Crippen molar-refractivity contribution in [2.75, 3.05) is 6.61 Å². The van der Waals surface area contributed by atoms with Crippen LogP contribution in [0.4, 0.5) is 0 Å². The summed E-state index contributed by atoms with van der Waals surface area (Å²) in [5, 5.41) is 0. The number of rotatable bonds is 4. The third-order valence-corrected chi connectivity index (χ3v) is 4.54. The van der Waals surface area contributed by atoms with Crippen LogP contribution in [0.2, 0.25) is 0 Å². The fraction of sp³-hybridized carbons (Fsp3) is 0.562. The smallest absolute Gasteiger partial charge is 0.153 e. The Morgan fingerprint density at radius 2 is 2.11 bits per heavy atom. The summed E-state index contributed by atoms with van der Waals surface area (Å²) < 4.78 is 5.64. The maximum atomic E-state index is 12.5. The van der Waals surface area contributed by atoms with Crippen LogP contribution < -0.4 is 10.5 Å². The summed E-state index contributed by atoms with van der Waals surface area (Å²) in [7, 11) is 0. The minimum absolute atomic E-state index is 0.205. The Morgan fingerprint density at radius 1 is 1.37 bits per heavy atom. The van der Waals surface area contributed by atoms with Gasteiger partial charge in [0.15, 0.2) is 5.78 Å². The predicted molar refractivity (Wildman–Crippen MR) is 74.2 cm³/mol. The van der Waals surface area contributed by atoms with Gasteiger partial charge in [0.05, 0.1) is 12.1 Å². The molecule has 1 fully saturated rings. The average Bonchev–Trinajstić information content (AvgIpc) is 3.23. The van der Waals surface area contributed by atoms with E-state index in [1.54, 1.807) is 0 Å². The summed E-state index contributed by atoms with van der Waals surface area (Å²) in [4.78, 5) is 12.5. The van der Waals surface area contributed by atoms with Gasteiger partial charge in [-0.25, -0.2) is 0 Å². The van der Waals surface area contributed by atoms with Crippen molar-refractivity contribution in [3.05, 3.63) is 29.8 Å². The average molecular weight is 259 g/mol. The Bertz CT molecular complexity index is 491. The maximum Gasteiger partial charge on any atom is 0.153 e. The van der Waals surface area contributed by atoms with E-state index in [4.69, 9.17) is 10.5 Å². The summed E-state index contributed by atoms with van der Waals surface area (Å²) >= 11 is 0. The molecule has 3 nitrogen and oxygen atoms in total. The van der Waals surface area contributed by atoms with Crippen LogP contribution in [0.1, 0.15) is 44.1 Å². The Hall–Kier alpha value is -1.35. The molecular formula is C16H21NO2. The molecule has 2 N–H and O–H groups in total. The normalized spacial score (nSPS) is 25.1. The van der Waals surface area contributed by atoms with E-state index in [1.807, 2.05) is 25.1 Å². The van der Waals surface area contributed by atoms with Crippen LogP contribution in [0.3, 0.4) is 0 Å². The summed E-state index contributed by atoms with van der Waals surface area (Å²) in [5.74, 6) is 1.79. The molecule has 1 aromatic rings. The fourth-order valence-corrected chi connectivity index (χ4v) is 2.98. The second-order valence-electron chi connectivity index (χ2n) is 6.06. The summed E-state index contributed by atoms with van der Waals surface area (Å²) in [6.07, 6.45) is 3.65. The Kier molecular flexibility index (Phi) is 3.09. The number of ether oxygens (including phenoxy) is 1. The van der Waals surface area contributed by atoms with Crippen molar-refractivity contribution >= 4 is 5.78 Å². The van der Waals surface area contributed by atoms with Crippen LogP contribution in [0, 0.1) is 5.92 Å². The first-order valence-corrected chi connectivity index (χ1v) is 7.13. The lowest BCUT2D eigenvalue weighted by Gasteiger charge is -2.29. The van der Waals surface area contributed by atoms with Crippen molar-refractivity contribution in [3.63, 3.8) is 0 Å². The Balaban J connectivity index is 1.76. The standard InChI is InChI=1S/C16H21NO2/c1-16(17,12-6-7-12)15(18)10-11-8-9-19-14-5-3-2-4-13(11)14/h2-5,11-12H,6-10,17H2,1H3. The largest absolute Gasteiger partial charge is 0.493 e. The van der Waals surface area contributed by atoms with E-state index in [2.05, 4.69) is 6.07 Å². The Labute approximate surface area is 114 Å². The zero-order chi connectivity index (χ0) is 13.5. The first-order valence-electron chi connectivity index (χ1n) is 7.13. The number of ketones is 1. The molecule has 0 radical (unpaired) electrons. The predicted octanol–water partition coefficient (Wildman–Crippen LogP) is 2.64. The van der Waals surface area contributed by atoms with Gasteiger partial charge in [0.2, 0.25) is 0 Å². The van der Waals surface area contributed by atoms with Crippen molar-refractivity contribution in [2.24, 2.45) is 11.7 Å². The van der Waals surface area contributed by atoms with Crippen molar-refractivity contribution in [2.45, 2.75) is 44.1 Å². The van der Waals surface area contributed by atoms with Crippen LogP contribution in [-0.4, -0.2) is 17.9 Å². The quantitative estimate of drug-likeness (QED) is 0.904. The van der Waals surface area contributed by atoms with Crippen molar-refractivity contribution in [1.82, 2.24) is 0 Å². The molecule has 0 spiro atoms. The number of hydrogen-bond donors (Lipinski definition) is 1. The second kappa shape index (κ2) is 4.64. The summed E-state index contributed by atoms with van der Waals surface area (Å²) in [6.45, 7) is 2.60. The molecule has 2 atom stereocenters. The number of Topliss-reactive ketones (excluding diaryl/α,β-unsaturated/α-hetero) is 1. The van der Waals surface area contributed by atoms with Gasteiger partial charge in [0.25, 0.3) is 0 Å². The highest BCUT2D eigenvalue weighted by molar-refractivity contribution is 5.89. The molecule has 1 saturated carbocycles. The molecule has 3 rings (SSSR count). The van der Waals surface area contributed by atoms with Crippen LogP contribution in [0.15, 0.2) is 24.3 Å². The van der Waals surface area contributed by atoms with Gasteiger partial charge < -0.3 is 10.5 Å². The van der Waals surface area contributed by atoms with Crippen LogP contribution >= 0.6 is 0 Å². The lowest BCUT2D eigenvalue weighted by atomic mass is 9.82. The SMILES string of the molecule is CC(N)(C(=O)CC1CCOc2ccccc21)C1CC1. The van der Waals surface area contributed by atoms with Crippen molar-refractivity contribution in [3.8, 4) is 5.75 Å². The lowest BCUT2D eigenvalue weighted by molar-refractivity contribution is -0.124. The number of carbonyl (C=O) groups is 1. The fourth-order valence-electron chi connectivity index (χ4n) is 2.98. The number of para-hydroxylation sites is 1. The van der Waals surface area contributed by atoms with Gasteiger partial charge in [0, 0.05) is 6.42 Å². The molecule has 2 aliphatic rings. The lowest BCUT2D eigenvalue weighted by Crippen LogP contribution is -2.47. The van der Waals surface area contributed by atoms with Gasteiger partial charge in [-0.2, -0.15) is 0 Å². The minimum atomic E-state index is -0.632. The van der Waals surface area contributed by atoms with Crippen molar-refractivity contribution in [1.29, 1.82) is 0 Å². The molecule has 19 heavy (non-hydrogen) atoms. The zero-order valence-corrected chi connectivity index (χ0v) is 11.4.